The van der Waals surface area contributed by atoms with Gasteiger partial charge >= 0.3 is 6.47 Å². The maximum absolute atomic E-state index is 12.8. The van der Waals surface area contributed by atoms with Crippen LogP contribution in [0.5, 0.6) is 0 Å². The van der Waals surface area contributed by atoms with E-state index in [0.29, 0.717) is 23.5 Å². The van der Waals surface area contributed by atoms with Gasteiger partial charge in [0.1, 0.15) is 0 Å². The predicted octanol–water partition coefficient (Wildman–Crippen LogP) is 1.70. The lowest BCUT2D eigenvalue weighted by Crippen LogP contribution is -2.48. The number of hydrogen-bond acceptors (Lipinski definition) is 7. The molecule has 3 amide bonds. The minimum Gasteiger partial charge on any atom is -0.374 e. The van der Waals surface area contributed by atoms with Gasteiger partial charge in [0.25, 0.3) is 5.91 Å². The molecule has 1 aliphatic rings. The first-order chi connectivity index (χ1) is 14.4. The molecule has 3 N–H and O–H groups in total. The van der Waals surface area contributed by atoms with Crippen molar-refractivity contribution in [3.05, 3.63) is 29.3 Å². The lowest BCUT2D eigenvalue weighted by Gasteiger charge is -2.29. The van der Waals surface area contributed by atoms with Gasteiger partial charge in [0.2, 0.25) is 11.8 Å². The van der Waals surface area contributed by atoms with Gasteiger partial charge < -0.3 is 9.74 Å². The first kappa shape index (κ1) is 23.5. The van der Waals surface area contributed by atoms with Gasteiger partial charge in [-0.1, -0.05) is 26.2 Å². The van der Waals surface area contributed by atoms with Crippen molar-refractivity contribution in [3.8, 4) is 0 Å². The van der Waals surface area contributed by atoms with E-state index in [1.807, 2.05) is 6.92 Å². The van der Waals surface area contributed by atoms with Crippen molar-refractivity contribution in [1.82, 2.24) is 10.5 Å². The minimum absolute atomic E-state index is 0.0504. The zero-order chi connectivity index (χ0) is 22.1. The molecule has 1 atom stereocenters. The summed E-state index contributed by atoms with van der Waals surface area (Å²) in [6.07, 6.45) is 4.77. The number of amides is 3. The topological polar surface area (TPSA) is 122 Å². The third-order valence-corrected chi connectivity index (χ3v) is 5.25. The van der Waals surface area contributed by atoms with E-state index >= 15 is 0 Å². The zero-order valence-corrected chi connectivity index (χ0v) is 17.6. The van der Waals surface area contributed by atoms with E-state index < -0.39 is 17.7 Å². The smallest absolute Gasteiger partial charge is 0.312 e. The summed E-state index contributed by atoms with van der Waals surface area (Å²) in [5.41, 5.74) is 4.37. The predicted molar refractivity (Wildman–Crippen MR) is 111 cm³/mol. The Labute approximate surface area is 176 Å². The molecule has 0 fully saturated rings. The lowest BCUT2D eigenvalue weighted by atomic mass is 9.98. The van der Waals surface area contributed by atoms with Crippen molar-refractivity contribution in [2.45, 2.75) is 52.4 Å². The van der Waals surface area contributed by atoms with E-state index in [1.54, 1.807) is 23.1 Å². The number of anilines is 1. The Hall–Kier alpha value is -2.78. The maximum Gasteiger partial charge on any atom is 0.312 e. The summed E-state index contributed by atoms with van der Waals surface area (Å²) < 4.78 is 0. The van der Waals surface area contributed by atoms with Crippen LogP contribution in [0.4, 0.5) is 5.69 Å². The van der Waals surface area contributed by atoms with Crippen LogP contribution in [0.25, 0.3) is 0 Å². The number of unbranched alkanes of at least 4 members (excludes halogenated alkanes) is 2. The molecule has 0 spiro atoms. The lowest BCUT2D eigenvalue weighted by molar-refractivity contribution is -0.140. The van der Waals surface area contributed by atoms with Crippen molar-refractivity contribution < 1.29 is 24.0 Å². The highest BCUT2D eigenvalue weighted by Gasteiger charge is 2.28. The van der Waals surface area contributed by atoms with Crippen molar-refractivity contribution in [2.75, 3.05) is 18.0 Å². The van der Waals surface area contributed by atoms with Crippen LogP contribution >= 0.6 is 0 Å². The number of hydrogen-bond donors (Lipinski definition) is 2. The molecule has 164 valence electrons. The normalized spacial score (nSPS) is 13.9. The van der Waals surface area contributed by atoms with Crippen LogP contribution in [-0.2, 0) is 25.6 Å². The number of benzene rings is 1. The number of fused-ring (bicyclic) bond motifs is 1. The Bertz CT molecular complexity index is 783. The number of hydrazine groups is 1. The molecule has 1 aromatic carbocycles. The van der Waals surface area contributed by atoms with E-state index in [4.69, 9.17) is 5.84 Å². The summed E-state index contributed by atoms with van der Waals surface area (Å²) in [5.74, 6) is 4.08. The fourth-order valence-corrected chi connectivity index (χ4v) is 3.63. The number of carbonyl (C=O) groups is 4. The Morgan fingerprint density at radius 1 is 1.33 bits per heavy atom. The van der Waals surface area contributed by atoms with Crippen LogP contribution in [0, 0.1) is 5.92 Å². The second kappa shape index (κ2) is 11.4. The fraction of sp³-hybridized carbons (Fsp3) is 0.524. The molecular formula is C21H30N4O5. The number of hydroxylamine groups is 1. The average molecular weight is 418 g/mol. The van der Waals surface area contributed by atoms with Crippen molar-refractivity contribution >= 4 is 29.9 Å². The Morgan fingerprint density at radius 3 is 2.77 bits per heavy atom. The van der Waals surface area contributed by atoms with E-state index in [-0.39, 0.29) is 18.9 Å². The van der Waals surface area contributed by atoms with Crippen LogP contribution in [0.15, 0.2) is 18.2 Å². The van der Waals surface area contributed by atoms with E-state index in [2.05, 4.69) is 10.3 Å². The fourth-order valence-electron chi connectivity index (χ4n) is 3.63. The molecular weight excluding hydrogens is 388 g/mol. The van der Waals surface area contributed by atoms with Crippen molar-refractivity contribution in [2.24, 2.45) is 11.8 Å². The van der Waals surface area contributed by atoms with Gasteiger partial charge in [-0.3, -0.25) is 19.2 Å². The monoisotopic (exact) mass is 418 g/mol. The van der Waals surface area contributed by atoms with E-state index in [0.717, 1.165) is 43.4 Å². The molecule has 0 unspecified atom stereocenters. The number of nitrogens with one attached hydrogen (secondary N) is 1. The molecule has 0 saturated carbocycles. The van der Waals surface area contributed by atoms with Crippen LogP contribution in [-0.4, -0.2) is 42.3 Å². The summed E-state index contributed by atoms with van der Waals surface area (Å²) in [7, 11) is 0. The Kier molecular flexibility index (Phi) is 8.94. The molecule has 2 rings (SSSR count). The quantitative estimate of drug-likeness (QED) is 0.195. The SMILES string of the molecule is CCCCC[C@H](CNOC=O)C(=O)N(N)C(=O)c1ccc2c(c1)CCCN2C(C)=O. The summed E-state index contributed by atoms with van der Waals surface area (Å²) >= 11 is 0. The molecule has 0 saturated heterocycles. The molecule has 1 heterocycles. The number of carbonyl (C=O) groups excluding carboxylic acids is 4. The molecule has 0 aromatic heterocycles. The number of nitrogens with zero attached hydrogens (tertiary/aromatic N) is 2. The highest BCUT2D eigenvalue weighted by Crippen LogP contribution is 2.28. The Balaban J connectivity index is 2.14. The molecule has 0 radical (unpaired) electrons. The van der Waals surface area contributed by atoms with E-state index in [1.165, 1.54) is 6.92 Å². The Morgan fingerprint density at radius 2 is 2.10 bits per heavy atom. The number of aryl methyl sites for hydroxylation is 1. The summed E-state index contributed by atoms with van der Waals surface area (Å²) in [5, 5.41) is 0.631. The second-order valence-corrected chi connectivity index (χ2v) is 7.39. The molecule has 9 heteroatoms. The number of imide groups is 1. The summed E-state index contributed by atoms with van der Waals surface area (Å²) in [6, 6.07) is 4.99. The molecule has 1 aliphatic heterocycles. The molecule has 1 aromatic rings. The van der Waals surface area contributed by atoms with Crippen LogP contribution in [0.1, 0.15) is 61.9 Å². The van der Waals surface area contributed by atoms with Crippen molar-refractivity contribution in [3.63, 3.8) is 0 Å². The minimum atomic E-state index is -0.612. The van der Waals surface area contributed by atoms with Gasteiger partial charge in [-0.2, -0.15) is 5.48 Å². The molecule has 9 nitrogen and oxygen atoms in total. The van der Waals surface area contributed by atoms with Gasteiger partial charge in [-0.05, 0) is 43.0 Å². The van der Waals surface area contributed by atoms with Crippen LogP contribution in [0.2, 0.25) is 0 Å². The second-order valence-electron chi connectivity index (χ2n) is 7.39. The maximum atomic E-state index is 12.8. The van der Waals surface area contributed by atoms with Crippen LogP contribution in [0.3, 0.4) is 0 Å². The summed E-state index contributed by atoms with van der Waals surface area (Å²) in [4.78, 5) is 54.0. The summed E-state index contributed by atoms with van der Waals surface area (Å²) in [6.45, 7) is 4.50. The first-order valence-corrected chi connectivity index (χ1v) is 10.3. The van der Waals surface area contributed by atoms with Gasteiger partial charge in [0.15, 0.2) is 0 Å². The third-order valence-electron chi connectivity index (χ3n) is 5.25. The molecule has 30 heavy (non-hydrogen) atoms. The average Bonchev–Trinajstić information content (AvgIpc) is 2.75. The van der Waals surface area contributed by atoms with Crippen molar-refractivity contribution in [1.29, 1.82) is 0 Å². The number of nitrogens with two attached hydrogens (primary N) is 1. The van der Waals surface area contributed by atoms with E-state index in [9.17, 15) is 19.2 Å². The van der Waals surface area contributed by atoms with Gasteiger partial charge in [0, 0.05) is 31.3 Å². The number of rotatable bonds is 10. The molecule has 0 aliphatic carbocycles. The van der Waals surface area contributed by atoms with Gasteiger partial charge in [-0.25, -0.2) is 10.9 Å². The molecule has 0 bridgehead atoms. The van der Waals surface area contributed by atoms with Gasteiger partial charge in [0.05, 0.1) is 5.92 Å². The standard InChI is InChI=1S/C21H30N4O5/c1-3-4-5-7-18(13-23-30-14-26)21(29)25(22)20(28)17-9-10-19-16(12-17)8-6-11-24(19)15(2)27/h9-10,12,14,18,23H,3-8,11,13,22H2,1-2H3/t18-/m1/s1. The highest BCUT2D eigenvalue weighted by molar-refractivity contribution is 6.05. The zero-order valence-electron chi connectivity index (χ0n) is 17.6. The van der Waals surface area contributed by atoms with Gasteiger partial charge in [-0.15, -0.1) is 0 Å². The van der Waals surface area contributed by atoms with Crippen LogP contribution < -0.4 is 16.2 Å². The third kappa shape index (κ3) is 5.87. The largest absolute Gasteiger partial charge is 0.374 e. The first-order valence-electron chi connectivity index (χ1n) is 10.3. The highest BCUT2D eigenvalue weighted by atomic mass is 16.7.